The Morgan fingerprint density at radius 3 is 2.58 bits per heavy atom. The molecule has 1 rings (SSSR count). The molecule has 0 aliphatic carbocycles. The van der Waals surface area contributed by atoms with E-state index in [0.29, 0.717) is 6.04 Å². The highest BCUT2D eigenvalue weighted by molar-refractivity contribution is 9.10. The van der Waals surface area contributed by atoms with Crippen molar-refractivity contribution in [3.63, 3.8) is 0 Å². The molecule has 2 heteroatoms. The molecule has 1 unspecified atom stereocenters. The van der Waals surface area contributed by atoms with Gasteiger partial charge < -0.3 is 5.32 Å². The van der Waals surface area contributed by atoms with Crippen molar-refractivity contribution in [3.05, 3.63) is 33.8 Å². The molecule has 0 aromatic heterocycles. The van der Waals surface area contributed by atoms with Crippen LogP contribution in [0, 0.1) is 6.92 Å². The molecular weight excluding hydrogens is 298 g/mol. The van der Waals surface area contributed by atoms with Gasteiger partial charge in [-0.05, 0) is 37.9 Å². The zero-order chi connectivity index (χ0) is 14.1. The Hall–Kier alpha value is -0.340. The van der Waals surface area contributed by atoms with Crippen LogP contribution in [0.25, 0.3) is 0 Å². The maximum absolute atomic E-state index is 3.71. The lowest BCUT2D eigenvalue weighted by Gasteiger charge is -2.21. The zero-order valence-electron chi connectivity index (χ0n) is 12.6. The van der Waals surface area contributed by atoms with E-state index in [1.165, 1.54) is 54.1 Å². The van der Waals surface area contributed by atoms with Crippen LogP contribution in [-0.4, -0.2) is 6.54 Å². The summed E-state index contributed by atoms with van der Waals surface area (Å²) in [5.74, 6) is 0. The monoisotopic (exact) mass is 325 g/mol. The van der Waals surface area contributed by atoms with E-state index < -0.39 is 0 Å². The fraction of sp³-hybridized carbons (Fsp3) is 0.647. The lowest BCUT2D eigenvalue weighted by atomic mass is 9.98. The first-order chi connectivity index (χ1) is 9.19. The maximum Gasteiger partial charge on any atom is 0.0331 e. The highest BCUT2D eigenvalue weighted by Gasteiger charge is 2.13. The molecule has 19 heavy (non-hydrogen) atoms. The van der Waals surface area contributed by atoms with E-state index in [4.69, 9.17) is 0 Å². The SMILES string of the molecule is CCCCCCC(NCCC)c1cc(C)ccc1Br. The van der Waals surface area contributed by atoms with E-state index >= 15 is 0 Å². The second-order valence-corrected chi connectivity index (χ2v) is 6.24. The first kappa shape index (κ1) is 16.7. The number of unbranched alkanes of at least 4 members (excludes halogenated alkanes) is 3. The summed E-state index contributed by atoms with van der Waals surface area (Å²) in [5, 5.41) is 3.70. The topological polar surface area (TPSA) is 12.0 Å². The number of hydrogen-bond acceptors (Lipinski definition) is 1. The van der Waals surface area contributed by atoms with Crippen molar-refractivity contribution in [2.24, 2.45) is 0 Å². The van der Waals surface area contributed by atoms with Gasteiger partial charge in [0.25, 0.3) is 0 Å². The Kier molecular flexibility index (Phi) is 8.40. The van der Waals surface area contributed by atoms with Gasteiger partial charge in [-0.15, -0.1) is 0 Å². The van der Waals surface area contributed by atoms with Gasteiger partial charge in [-0.1, -0.05) is 73.2 Å². The number of hydrogen-bond donors (Lipinski definition) is 1. The van der Waals surface area contributed by atoms with Crippen molar-refractivity contribution in [1.82, 2.24) is 5.32 Å². The summed E-state index contributed by atoms with van der Waals surface area (Å²) in [6.07, 6.45) is 7.76. The van der Waals surface area contributed by atoms with Crippen molar-refractivity contribution < 1.29 is 0 Å². The normalized spacial score (nSPS) is 12.6. The standard InChI is InChI=1S/C17H28BrN/c1-4-6-7-8-9-17(19-12-5-2)15-13-14(3)10-11-16(15)18/h10-11,13,17,19H,4-9,12H2,1-3H3. The third-order valence-electron chi connectivity index (χ3n) is 3.51. The van der Waals surface area contributed by atoms with Gasteiger partial charge in [0.2, 0.25) is 0 Å². The molecule has 1 aromatic carbocycles. The van der Waals surface area contributed by atoms with Gasteiger partial charge in [0.15, 0.2) is 0 Å². The molecule has 0 saturated carbocycles. The number of nitrogens with one attached hydrogen (secondary N) is 1. The van der Waals surface area contributed by atoms with Crippen LogP contribution in [0.1, 0.15) is 69.5 Å². The second-order valence-electron chi connectivity index (χ2n) is 5.38. The van der Waals surface area contributed by atoms with E-state index in [0.717, 1.165) is 6.54 Å². The minimum Gasteiger partial charge on any atom is -0.310 e. The summed E-state index contributed by atoms with van der Waals surface area (Å²) < 4.78 is 1.24. The molecule has 108 valence electrons. The Balaban J connectivity index is 2.68. The molecule has 0 heterocycles. The van der Waals surface area contributed by atoms with E-state index in [-0.39, 0.29) is 0 Å². The fourth-order valence-corrected chi connectivity index (χ4v) is 2.91. The number of benzene rings is 1. The molecule has 1 N–H and O–H groups in total. The third-order valence-corrected chi connectivity index (χ3v) is 4.24. The molecule has 0 saturated heterocycles. The minimum absolute atomic E-state index is 0.492. The molecular formula is C17H28BrN. The predicted molar refractivity (Wildman–Crippen MR) is 88.7 cm³/mol. The van der Waals surface area contributed by atoms with Gasteiger partial charge >= 0.3 is 0 Å². The second kappa shape index (κ2) is 9.55. The first-order valence-electron chi connectivity index (χ1n) is 7.68. The van der Waals surface area contributed by atoms with E-state index in [2.05, 4.69) is 60.2 Å². The van der Waals surface area contributed by atoms with Crippen LogP contribution < -0.4 is 5.32 Å². The molecule has 0 spiro atoms. The molecule has 0 aliphatic rings. The van der Waals surface area contributed by atoms with Crippen LogP contribution in [0.3, 0.4) is 0 Å². The third kappa shape index (κ3) is 6.09. The van der Waals surface area contributed by atoms with Crippen LogP contribution in [0.5, 0.6) is 0 Å². The lowest BCUT2D eigenvalue weighted by molar-refractivity contribution is 0.469. The molecule has 0 aliphatic heterocycles. The Morgan fingerprint density at radius 2 is 1.89 bits per heavy atom. The molecule has 1 atom stereocenters. The average Bonchev–Trinajstić information content (AvgIpc) is 2.41. The summed E-state index contributed by atoms with van der Waals surface area (Å²) in [6, 6.07) is 7.15. The quantitative estimate of drug-likeness (QED) is 0.568. The molecule has 0 radical (unpaired) electrons. The van der Waals surface area contributed by atoms with Gasteiger partial charge in [0.05, 0.1) is 0 Å². The predicted octanol–water partition coefficient (Wildman–Crippen LogP) is 5.77. The Bertz CT molecular complexity index is 362. The van der Waals surface area contributed by atoms with Crippen LogP contribution in [0.15, 0.2) is 22.7 Å². The smallest absolute Gasteiger partial charge is 0.0331 e. The number of aryl methyl sites for hydroxylation is 1. The van der Waals surface area contributed by atoms with Gasteiger partial charge in [-0.2, -0.15) is 0 Å². The fourth-order valence-electron chi connectivity index (χ4n) is 2.39. The summed E-state index contributed by atoms with van der Waals surface area (Å²) in [5.41, 5.74) is 2.76. The van der Waals surface area contributed by atoms with Crippen LogP contribution in [0.4, 0.5) is 0 Å². The van der Waals surface area contributed by atoms with Crippen molar-refractivity contribution in [3.8, 4) is 0 Å². The van der Waals surface area contributed by atoms with Crippen LogP contribution >= 0.6 is 15.9 Å². The van der Waals surface area contributed by atoms with Crippen molar-refractivity contribution in [2.75, 3.05) is 6.54 Å². The van der Waals surface area contributed by atoms with Crippen molar-refractivity contribution in [2.45, 2.75) is 65.3 Å². The Morgan fingerprint density at radius 1 is 1.11 bits per heavy atom. The van der Waals surface area contributed by atoms with Crippen LogP contribution in [-0.2, 0) is 0 Å². The molecule has 0 bridgehead atoms. The van der Waals surface area contributed by atoms with Crippen molar-refractivity contribution in [1.29, 1.82) is 0 Å². The van der Waals surface area contributed by atoms with E-state index in [9.17, 15) is 0 Å². The largest absolute Gasteiger partial charge is 0.310 e. The number of rotatable bonds is 9. The Labute approximate surface area is 127 Å². The first-order valence-corrected chi connectivity index (χ1v) is 8.47. The highest BCUT2D eigenvalue weighted by Crippen LogP contribution is 2.28. The molecule has 1 aromatic rings. The molecule has 1 nitrogen and oxygen atoms in total. The number of halogens is 1. The summed E-state index contributed by atoms with van der Waals surface area (Å²) >= 11 is 3.71. The summed E-state index contributed by atoms with van der Waals surface area (Å²) in [6.45, 7) is 7.76. The van der Waals surface area contributed by atoms with Crippen LogP contribution in [0.2, 0.25) is 0 Å². The van der Waals surface area contributed by atoms with E-state index in [1.54, 1.807) is 0 Å². The van der Waals surface area contributed by atoms with Gasteiger partial charge in [-0.3, -0.25) is 0 Å². The zero-order valence-corrected chi connectivity index (χ0v) is 14.2. The minimum atomic E-state index is 0.492. The highest BCUT2D eigenvalue weighted by atomic mass is 79.9. The maximum atomic E-state index is 3.71. The lowest BCUT2D eigenvalue weighted by Crippen LogP contribution is -2.22. The molecule has 0 amide bonds. The summed E-state index contributed by atoms with van der Waals surface area (Å²) in [7, 11) is 0. The summed E-state index contributed by atoms with van der Waals surface area (Å²) in [4.78, 5) is 0. The van der Waals surface area contributed by atoms with Gasteiger partial charge in [0, 0.05) is 10.5 Å². The average molecular weight is 326 g/mol. The molecule has 0 fully saturated rings. The van der Waals surface area contributed by atoms with E-state index in [1.807, 2.05) is 0 Å². The van der Waals surface area contributed by atoms with Gasteiger partial charge in [-0.25, -0.2) is 0 Å². The van der Waals surface area contributed by atoms with Gasteiger partial charge in [0.1, 0.15) is 0 Å². The van der Waals surface area contributed by atoms with Crippen molar-refractivity contribution >= 4 is 15.9 Å².